The molecule has 2 rings (SSSR count). The van der Waals surface area contributed by atoms with Crippen LogP contribution in [0.2, 0.25) is 5.02 Å². The summed E-state index contributed by atoms with van der Waals surface area (Å²) in [5.74, 6) is 3.73. The monoisotopic (exact) mass is 357 g/mol. The van der Waals surface area contributed by atoms with E-state index in [1.807, 2.05) is 5.43 Å². The predicted octanol–water partition coefficient (Wildman–Crippen LogP) is 1.66. The molecule has 6 nitrogen and oxygen atoms in total. The Morgan fingerprint density at radius 1 is 1.17 bits per heavy atom. The van der Waals surface area contributed by atoms with Crippen LogP contribution >= 0.6 is 11.6 Å². The molecular formula is C14H13ClFN3O3S. The number of carbonyl (C=O) groups excluding carboxylic acids is 1. The molecule has 0 saturated carbocycles. The molecule has 0 atom stereocenters. The number of hydrogen-bond donors (Lipinski definition) is 2. The molecule has 23 heavy (non-hydrogen) atoms. The van der Waals surface area contributed by atoms with Crippen LogP contribution in [-0.4, -0.2) is 20.9 Å². The number of anilines is 1. The van der Waals surface area contributed by atoms with Crippen molar-refractivity contribution in [2.45, 2.75) is 4.90 Å². The first kappa shape index (κ1) is 17.2. The Morgan fingerprint density at radius 3 is 2.35 bits per heavy atom. The minimum Gasteiger partial charge on any atom is -0.293 e. The zero-order valence-corrected chi connectivity index (χ0v) is 13.3. The first-order chi connectivity index (χ1) is 10.9. The second kappa shape index (κ2) is 6.95. The van der Waals surface area contributed by atoms with Crippen molar-refractivity contribution in [3.05, 3.63) is 59.4 Å². The summed E-state index contributed by atoms with van der Waals surface area (Å²) in [5, 5.41) is 0.142. The largest absolute Gasteiger partial charge is 0.293 e. The first-order valence-corrected chi connectivity index (χ1v) is 8.20. The number of nitrogens with one attached hydrogen (secondary N) is 1. The smallest absolute Gasteiger partial charge is 0.264 e. The van der Waals surface area contributed by atoms with Crippen molar-refractivity contribution in [3.8, 4) is 0 Å². The van der Waals surface area contributed by atoms with Crippen LogP contribution in [0.5, 0.6) is 0 Å². The van der Waals surface area contributed by atoms with Gasteiger partial charge in [-0.15, -0.1) is 0 Å². The molecule has 0 spiro atoms. The number of amides is 1. The average Bonchev–Trinajstić information content (AvgIpc) is 2.53. The van der Waals surface area contributed by atoms with Crippen LogP contribution in [0.1, 0.15) is 0 Å². The van der Waals surface area contributed by atoms with Gasteiger partial charge in [0.15, 0.2) is 0 Å². The van der Waals surface area contributed by atoms with E-state index in [0.29, 0.717) is 0 Å². The Morgan fingerprint density at radius 2 is 1.78 bits per heavy atom. The lowest BCUT2D eigenvalue weighted by atomic mass is 10.3. The zero-order valence-electron chi connectivity index (χ0n) is 11.7. The Bertz CT molecular complexity index is 812. The van der Waals surface area contributed by atoms with Crippen molar-refractivity contribution < 1.29 is 17.6 Å². The summed E-state index contributed by atoms with van der Waals surface area (Å²) >= 11 is 6.04. The van der Waals surface area contributed by atoms with Gasteiger partial charge in [-0.05, 0) is 36.4 Å². The molecule has 0 fully saturated rings. The van der Waals surface area contributed by atoms with E-state index in [2.05, 4.69) is 0 Å². The zero-order chi connectivity index (χ0) is 17.0. The highest BCUT2D eigenvalue weighted by Gasteiger charge is 2.28. The molecule has 0 aliphatic heterocycles. The molecule has 2 aromatic carbocycles. The number of nitrogens with zero attached hydrogens (tertiary/aromatic N) is 1. The third-order valence-electron chi connectivity index (χ3n) is 2.97. The van der Waals surface area contributed by atoms with Crippen molar-refractivity contribution in [1.82, 2.24) is 5.43 Å². The lowest BCUT2D eigenvalue weighted by Crippen LogP contribution is -2.43. The molecule has 2 aromatic rings. The van der Waals surface area contributed by atoms with Gasteiger partial charge in [-0.1, -0.05) is 23.7 Å². The lowest BCUT2D eigenvalue weighted by molar-refractivity contribution is -0.119. The molecule has 9 heteroatoms. The van der Waals surface area contributed by atoms with Gasteiger partial charge in [0.25, 0.3) is 15.9 Å². The maximum absolute atomic E-state index is 13.0. The molecular weight excluding hydrogens is 345 g/mol. The van der Waals surface area contributed by atoms with E-state index in [1.54, 1.807) is 12.1 Å². The number of halogens is 2. The van der Waals surface area contributed by atoms with Gasteiger partial charge in [-0.25, -0.2) is 18.7 Å². The highest BCUT2D eigenvalue weighted by molar-refractivity contribution is 7.92. The molecule has 0 unspecified atom stereocenters. The summed E-state index contributed by atoms with van der Waals surface area (Å²) in [6.07, 6.45) is 0. The number of sulfonamides is 1. The number of hydrogen-bond acceptors (Lipinski definition) is 4. The normalized spacial score (nSPS) is 11.1. The van der Waals surface area contributed by atoms with Gasteiger partial charge in [0.1, 0.15) is 12.4 Å². The van der Waals surface area contributed by atoms with Gasteiger partial charge in [0.2, 0.25) is 0 Å². The Kier molecular flexibility index (Phi) is 5.19. The van der Waals surface area contributed by atoms with E-state index in [1.165, 1.54) is 12.1 Å². The van der Waals surface area contributed by atoms with Crippen molar-refractivity contribution >= 4 is 33.2 Å². The van der Waals surface area contributed by atoms with E-state index in [9.17, 15) is 17.6 Å². The van der Waals surface area contributed by atoms with Crippen LogP contribution in [-0.2, 0) is 14.8 Å². The van der Waals surface area contributed by atoms with E-state index in [-0.39, 0.29) is 15.6 Å². The quantitative estimate of drug-likeness (QED) is 0.483. The summed E-state index contributed by atoms with van der Waals surface area (Å²) < 4.78 is 39.4. The van der Waals surface area contributed by atoms with E-state index >= 15 is 0 Å². The van der Waals surface area contributed by atoms with Crippen molar-refractivity contribution in [3.63, 3.8) is 0 Å². The number of nitrogens with two attached hydrogens (primary N) is 1. The fourth-order valence-electron chi connectivity index (χ4n) is 1.86. The van der Waals surface area contributed by atoms with Crippen LogP contribution in [0.25, 0.3) is 0 Å². The van der Waals surface area contributed by atoms with E-state index in [4.69, 9.17) is 17.4 Å². The Hall–Kier alpha value is -2.16. The molecule has 0 aliphatic carbocycles. The number of para-hydroxylation sites is 1. The fourth-order valence-corrected chi connectivity index (χ4v) is 3.59. The lowest BCUT2D eigenvalue weighted by Gasteiger charge is -2.24. The van der Waals surface area contributed by atoms with Gasteiger partial charge in [-0.2, -0.15) is 0 Å². The van der Waals surface area contributed by atoms with Crippen molar-refractivity contribution in [1.29, 1.82) is 0 Å². The third-order valence-corrected chi connectivity index (χ3v) is 5.06. The summed E-state index contributed by atoms with van der Waals surface area (Å²) in [5.41, 5.74) is 1.98. The number of hydrazine groups is 1. The highest BCUT2D eigenvalue weighted by atomic mass is 35.5. The van der Waals surface area contributed by atoms with E-state index < -0.39 is 28.3 Å². The summed E-state index contributed by atoms with van der Waals surface area (Å²) in [6, 6.07) is 10.4. The molecule has 3 N–H and O–H groups in total. The van der Waals surface area contributed by atoms with Gasteiger partial charge < -0.3 is 0 Å². The summed E-state index contributed by atoms with van der Waals surface area (Å²) in [6.45, 7) is -0.570. The number of benzene rings is 2. The number of carbonyl (C=O) groups is 1. The molecule has 0 aliphatic rings. The Balaban J connectivity index is 2.54. The van der Waals surface area contributed by atoms with Gasteiger partial charge in [-0.3, -0.25) is 14.5 Å². The minimum absolute atomic E-state index is 0.113. The highest BCUT2D eigenvalue weighted by Crippen LogP contribution is 2.30. The first-order valence-electron chi connectivity index (χ1n) is 6.38. The predicted molar refractivity (Wildman–Crippen MR) is 84.7 cm³/mol. The van der Waals surface area contributed by atoms with Crippen molar-refractivity contribution in [2.75, 3.05) is 10.8 Å². The van der Waals surface area contributed by atoms with Crippen LogP contribution in [0.15, 0.2) is 53.4 Å². The maximum atomic E-state index is 13.0. The molecule has 0 saturated heterocycles. The molecule has 0 aromatic heterocycles. The standard InChI is InChI=1S/C14H13ClFN3O3S/c15-12-3-1-2-4-13(12)19(9-14(20)18-17)23(21,22)11-7-5-10(16)6-8-11/h1-8H,9,17H2,(H,18,20). The third kappa shape index (κ3) is 3.79. The SMILES string of the molecule is NNC(=O)CN(c1ccccc1Cl)S(=O)(=O)c1ccc(F)cc1. The topological polar surface area (TPSA) is 92.5 Å². The maximum Gasteiger partial charge on any atom is 0.264 e. The van der Waals surface area contributed by atoms with E-state index in [0.717, 1.165) is 28.6 Å². The summed E-state index contributed by atoms with van der Waals surface area (Å²) in [7, 11) is -4.13. The molecule has 1 amide bonds. The molecule has 122 valence electrons. The summed E-state index contributed by atoms with van der Waals surface area (Å²) in [4.78, 5) is 11.4. The second-order valence-electron chi connectivity index (χ2n) is 4.48. The average molecular weight is 358 g/mol. The Labute approximate surface area is 137 Å². The fraction of sp³-hybridized carbons (Fsp3) is 0.0714. The number of rotatable bonds is 5. The molecule has 0 heterocycles. The second-order valence-corrected chi connectivity index (χ2v) is 6.75. The molecule has 0 bridgehead atoms. The minimum atomic E-state index is -4.13. The van der Waals surface area contributed by atoms with Crippen LogP contribution < -0.4 is 15.6 Å². The van der Waals surface area contributed by atoms with Crippen molar-refractivity contribution in [2.24, 2.45) is 5.84 Å². The van der Waals surface area contributed by atoms with Crippen LogP contribution in [0.4, 0.5) is 10.1 Å². The van der Waals surface area contributed by atoms with Crippen LogP contribution in [0.3, 0.4) is 0 Å². The van der Waals surface area contributed by atoms with Crippen LogP contribution in [0, 0.1) is 5.82 Å². The van der Waals surface area contributed by atoms with Gasteiger partial charge >= 0.3 is 0 Å². The molecule has 0 radical (unpaired) electrons. The van der Waals surface area contributed by atoms with Gasteiger partial charge in [0, 0.05) is 0 Å². The van der Waals surface area contributed by atoms with Gasteiger partial charge in [0.05, 0.1) is 15.6 Å².